The third kappa shape index (κ3) is 3.69. The van der Waals surface area contributed by atoms with E-state index in [1.54, 1.807) is 23.9 Å². The molecule has 0 aliphatic carbocycles. The minimum atomic E-state index is -3.53. The average Bonchev–Trinajstić information content (AvgIpc) is 2.48. The Morgan fingerprint density at radius 3 is 2.19 bits per heavy atom. The average molecular weight is 323 g/mol. The van der Waals surface area contributed by atoms with Crippen LogP contribution in [0.5, 0.6) is 0 Å². The van der Waals surface area contributed by atoms with Crippen molar-refractivity contribution in [3.63, 3.8) is 0 Å². The predicted molar refractivity (Wildman–Crippen MR) is 88.6 cm³/mol. The van der Waals surface area contributed by atoms with Crippen molar-refractivity contribution in [2.24, 2.45) is 0 Å². The first-order valence-electron chi connectivity index (χ1n) is 6.20. The molecule has 0 saturated heterocycles. The molecule has 5 nitrogen and oxygen atoms in total. The van der Waals surface area contributed by atoms with Crippen LogP contribution >= 0.6 is 11.8 Å². The van der Waals surface area contributed by atoms with Gasteiger partial charge in [0, 0.05) is 16.3 Å². The number of anilines is 3. The van der Waals surface area contributed by atoms with Crippen molar-refractivity contribution in [2.45, 2.75) is 9.79 Å². The molecular formula is C14H17N3O2S2. The largest absolute Gasteiger partial charge is 0.398 e. The second-order valence-corrected chi connectivity index (χ2v) is 7.05. The molecule has 2 rings (SSSR count). The fourth-order valence-corrected chi connectivity index (χ4v) is 3.07. The summed E-state index contributed by atoms with van der Waals surface area (Å²) in [5, 5.41) is 3.19. The zero-order chi connectivity index (χ0) is 15.5. The number of sulfonamides is 1. The molecule has 0 atom stereocenters. The summed E-state index contributed by atoms with van der Waals surface area (Å²) in [6.45, 7) is 0. The molecule has 0 radical (unpaired) electrons. The van der Waals surface area contributed by atoms with Gasteiger partial charge in [-0.3, -0.25) is 0 Å². The predicted octanol–water partition coefficient (Wildman–Crippen LogP) is 2.64. The lowest BCUT2D eigenvalue weighted by Gasteiger charge is -2.11. The van der Waals surface area contributed by atoms with Crippen LogP contribution < -0.4 is 15.8 Å². The van der Waals surface area contributed by atoms with Crippen LogP contribution in [0.4, 0.5) is 17.1 Å². The highest BCUT2D eigenvalue weighted by Crippen LogP contribution is 2.25. The smallest absolute Gasteiger partial charge is 0.242 e. The maximum Gasteiger partial charge on any atom is 0.242 e. The molecule has 0 spiro atoms. The third-order valence-corrected chi connectivity index (χ3v) is 5.18. The molecule has 0 heterocycles. The van der Waals surface area contributed by atoms with Crippen molar-refractivity contribution in [2.75, 3.05) is 24.4 Å². The van der Waals surface area contributed by atoms with E-state index in [0.717, 1.165) is 11.4 Å². The molecule has 0 saturated carbocycles. The Kier molecular flexibility index (Phi) is 4.76. The minimum Gasteiger partial charge on any atom is -0.398 e. The molecule has 0 amide bonds. The van der Waals surface area contributed by atoms with Gasteiger partial charge < -0.3 is 11.1 Å². The van der Waals surface area contributed by atoms with E-state index in [9.17, 15) is 8.42 Å². The van der Waals surface area contributed by atoms with Crippen molar-refractivity contribution in [1.29, 1.82) is 0 Å². The standard InChI is InChI=1S/C14H17N3O2S2/c1-16-21(18,19)14-8-5-11(9-13(14)15)17-10-3-6-12(20-2)7-4-10/h3-9,16-17H,15H2,1-2H3. The van der Waals surface area contributed by atoms with Gasteiger partial charge in [0.15, 0.2) is 0 Å². The molecule has 2 aromatic carbocycles. The Labute approximate surface area is 129 Å². The SMILES string of the molecule is CNS(=O)(=O)c1ccc(Nc2ccc(SC)cc2)cc1N. The number of nitrogens with two attached hydrogens (primary N) is 1. The number of nitrogens with one attached hydrogen (secondary N) is 2. The minimum absolute atomic E-state index is 0.0771. The first kappa shape index (κ1) is 15.7. The van der Waals surface area contributed by atoms with E-state index in [1.165, 1.54) is 18.0 Å². The van der Waals surface area contributed by atoms with E-state index in [4.69, 9.17) is 5.73 Å². The number of thioether (sulfide) groups is 1. The quantitative estimate of drug-likeness (QED) is 0.582. The molecule has 0 aromatic heterocycles. The number of hydrogen-bond donors (Lipinski definition) is 3. The monoisotopic (exact) mass is 323 g/mol. The third-order valence-electron chi connectivity index (χ3n) is 2.95. The zero-order valence-electron chi connectivity index (χ0n) is 11.8. The normalized spacial score (nSPS) is 11.3. The fraction of sp³-hybridized carbons (Fsp3) is 0.143. The first-order valence-corrected chi connectivity index (χ1v) is 8.91. The van der Waals surface area contributed by atoms with Gasteiger partial charge in [0.1, 0.15) is 4.90 Å². The second kappa shape index (κ2) is 6.38. The molecule has 0 bridgehead atoms. The Morgan fingerprint density at radius 1 is 1.05 bits per heavy atom. The van der Waals surface area contributed by atoms with Crippen LogP contribution in [0.2, 0.25) is 0 Å². The van der Waals surface area contributed by atoms with Gasteiger partial charge in [-0.15, -0.1) is 11.8 Å². The molecule has 4 N–H and O–H groups in total. The number of rotatable bonds is 5. The molecule has 112 valence electrons. The maximum atomic E-state index is 11.7. The van der Waals surface area contributed by atoms with Crippen LogP contribution in [0, 0.1) is 0 Å². The van der Waals surface area contributed by atoms with Gasteiger partial charge in [-0.25, -0.2) is 13.1 Å². The summed E-state index contributed by atoms with van der Waals surface area (Å²) in [5.74, 6) is 0. The van der Waals surface area contributed by atoms with E-state index in [1.807, 2.05) is 30.5 Å². The van der Waals surface area contributed by atoms with Crippen LogP contribution in [0.1, 0.15) is 0 Å². The van der Waals surface area contributed by atoms with Gasteiger partial charge in [-0.2, -0.15) is 0 Å². The summed E-state index contributed by atoms with van der Waals surface area (Å²) >= 11 is 1.67. The van der Waals surface area contributed by atoms with Crippen molar-refractivity contribution in [1.82, 2.24) is 4.72 Å². The van der Waals surface area contributed by atoms with Crippen LogP contribution in [0.15, 0.2) is 52.3 Å². The number of hydrogen-bond acceptors (Lipinski definition) is 5. The Balaban J connectivity index is 2.24. The summed E-state index contributed by atoms with van der Waals surface area (Å²) in [6, 6.07) is 12.7. The lowest BCUT2D eigenvalue weighted by atomic mass is 10.2. The zero-order valence-corrected chi connectivity index (χ0v) is 13.4. The molecule has 2 aromatic rings. The van der Waals surface area contributed by atoms with Gasteiger partial charge in [0.25, 0.3) is 0 Å². The Morgan fingerprint density at radius 2 is 1.67 bits per heavy atom. The molecule has 0 unspecified atom stereocenters. The van der Waals surface area contributed by atoms with Gasteiger partial charge in [0.2, 0.25) is 10.0 Å². The first-order chi connectivity index (χ1) is 9.96. The van der Waals surface area contributed by atoms with Gasteiger partial charge in [-0.1, -0.05) is 0 Å². The highest BCUT2D eigenvalue weighted by atomic mass is 32.2. The van der Waals surface area contributed by atoms with E-state index < -0.39 is 10.0 Å². The van der Waals surface area contributed by atoms with Crippen LogP contribution in [0.3, 0.4) is 0 Å². The number of benzene rings is 2. The van der Waals surface area contributed by atoms with Crippen LogP contribution in [-0.2, 0) is 10.0 Å². The number of nitrogen functional groups attached to an aromatic ring is 1. The van der Waals surface area contributed by atoms with Crippen molar-refractivity contribution < 1.29 is 8.42 Å². The molecular weight excluding hydrogens is 306 g/mol. The Hall–Kier alpha value is -1.70. The molecule has 0 fully saturated rings. The van der Waals surface area contributed by atoms with Crippen molar-refractivity contribution in [3.8, 4) is 0 Å². The Bertz CT molecular complexity index is 728. The highest BCUT2D eigenvalue weighted by Gasteiger charge is 2.15. The summed E-state index contributed by atoms with van der Waals surface area (Å²) in [7, 11) is -2.18. The summed E-state index contributed by atoms with van der Waals surface area (Å²) < 4.78 is 25.7. The van der Waals surface area contributed by atoms with Crippen LogP contribution in [-0.4, -0.2) is 21.7 Å². The van der Waals surface area contributed by atoms with E-state index in [2.05, 4.69) is 10.0 Å². The molecule has 7 heteroatoms. The van der Waals surface area contributed by atoms with E-state index in [-0.39, 0.29) is 10.6 Å². The maximum absolute atomic E-state index is 11.7. The van der Waals surface area contributed by atoms with Gasteiger partial charge >= 0.3 is 0 Å². The van der Waals surface area contributed by atoms with Gasteiger partial charge in [0.05, 0.1) is 5.69 Å². The van der Waals surface area contributed by atoms with Crippen molar-refractivity contribution >= 4 is 38.8 Å². The second-order valence-electron chi connectivity index (χ2n) is 4.31. The lowest BCUT2D eigenvalue weighted by molar-refractivity contribution is 0.588. The summed E-state index contributed by atoms with van der Waals surface area (Å²) in [4.78, 5) is 1.25. The fourth-order valence-electron chi connectivity index (χ4n) is 1.82. The van der Waals surface area contributed by atoms with Gasteiger partial charge in [-0.05, 0) is 55.8 Å². The molecule has 0 aliphatic heterocycles. The van der Waals surface area contributed by atoms with Crippen LogP contribution in [0.25, 0.3) is 0 Å². The van der Waals surface area contributed by atoms with E-state index >= 15 is 0 Å². The highest BCUT2D eigenvalue weighted by molar-refractivity contribution is 7.98. The van der Waals surface area contributed by atoms with Crippen molar-refractivity contribution in [3.05, 3.63) is 42.5 Å². The molecule has 0 aliphatic rings. The topological polar surface area (TPSA) is 84.2 Å². The molecule has 21 heavy (non-hydrogen) atoms. The summed E-state index contributed by atoms with van der Waals surface area (Å²) in [5.41, 5.74) is 7.67. The lowest BCUT2D eigenvalue weighted by Crippen LogP contribution is -2.19. The summed E-state index contributed by atoms with van der Waals surface area (Å²) in [6.07, 6.45) is 2.02. The van der Waals surface area contributed by atoms with E-state index in [0.29, 0.717) is 0 Å².